The average molecular weight is 291 g/mol. The van der Waals surface area contributed by atoms with Crippen molar-refractivity contribution in [2.75, 3.05) is 5.75 Å². The first-order chi connectivity index (χ1) is 8.31. The summed E-state index contributed by atoms with van der Waals surface area (Å²) in [5, 5.41) is 3.67. The van der Waals surface area contributed by atoms with Crippen LogP contribution in [0.25, 0.3) is 0 Å². The lowest BCUT2D eigenvalue weighted by atomic mass is 10.0. The van der Waals surface area contributed by atoms with E-state index in [4.69, 9.17) is 17.4 Å². The molecule has 0 aliphatic heterocycles. The first-order valence-electron chi connectivity index (χ1n) is 6.12. The number of hydrogen-bond donors (Lipinski definition) is 2. The van der Waals surface area contributed by atoms with Crippen LogP contribution in [-0.4, -0.2) is 11.0 Å². The molecule has 0 aromatic carbocycles. The third kappa shape index (κ3) is 3.86. The molecule has 1 atom stereocenters. The minimum absolute atomic E-state index is 0.189. The maximum Gasteiger partial charge on any atom is 0.0658 e. The molecule has 2 nitrogen and oxygen atoms in total. The molecule has 0 spiro atoms. The summed E-state index contributed by atoms with van der Waals surface area (Å²) in [6.45, 7) is 0. The number of rotatable bonds is 5. The number of nitrogens with two attached hydrogens (primary N) is 1. The number of hydrazine groups is 1. The van der Waals surface area contributed by atoms with E-state index in [-0.39, 0.29) is 6.04 Å². The van der Waals surface area contributed by atoms with Crippen molar-refractivity contribution in [1.82, 2.24) is 5.43 Å². The van der Waals surface area contributed by atoms with Crippen molar-refractivity contribution in [3.63, 3.8) is 0 Å². The summed E-state index contributed by atoms with van der Waals surface area (Å²) in [7, 11) is 0. The molecule has 0 bridgehead atoms. The molecule has 1 heterocycles. The normalized spacial score (nSPS) is 19.4. The van der Waals surface area contributed by atoms with Gasteiger partial charge < -0.3 is 0 Å². The molecule has 96 valence electrons. The van der Waals surface area contributed by atoms with Crippen molar-refractivity contribution in [2.45, 2.75) is 43.4 Å². The number of nitrogens with one attached hydrogen (secondary N) is 1. The van der Waals surface area contributed by atoms with Crippen molar-refractivity contribution in [2.24, 2.45) is 5.84 Å². The molecule has 1 unspecified atom stereocenters. The number of thioether (sulfide) groups is 1. The molecule has 1 aromatic heterocycles. The highest BCUT2D eigenvalue weighted by Crippen LogP contribution is 2.34. The molecular weight excluding hydrogens is 272 g/mol. The van der Waals surface area contributed by atoms with Crippen molar-refractivity contribution in [1.29, 1.82) is 0 Å². The van der Waals surface area contributed by atoms with E-state index in [0.717, 1.165) is 20.9 Å². The Balaban J connectivity index is 1.85. The minimum atomic E-state index is 0.189. The molecule has 0 radical (unpaired) electrons. The van der Waals surface area contributed by atoms with Crippen molar-refractivity contribution in [3.05, 3.63) is 21.3 Å². The summed E-state index contributed by atoms with van der Waals surface area (Å²) in [5.74, 6) is 6.65. The van der Waals surface area contributed by atoms with E-state index in [0.29, 0.717) is 0 Å². The maximum atomic E-state index is 6.14. The Labute approximate surface area is 116 Å². The summed E-state index contributed by atoms with van der Waals surface area (Å²) in [5.41, 5.74) is 2.89. The summed E-state index contributed by atoms with van der Waals surface area (Å²) >= 11 is 9.86. The Morgan fingerprint density at radius 3 is 2.82 bits per heavy atom. The Morgan fingerprint density at radius 1 is 1.47 bits per heavy atom. The molecule has 1 aliphatic carbocycles. The molecule has 5 heteroatoms. The van der Waals surface area contributed by atoms with Gasteiger partial charge in [0.25, 0.3) is 0 Å². The number of halogens is 1. The van der Waals surface area contributed by atoms with Gasteiger partial charge in [0.05, 0.1) is 11.1 Å². The monoisotopic (exact) mass is 290 g/mol. The van der Waals surface area contributed by atoms with Crippen LogP contribution in [0.1, 0.15) is 43.0 Å². The second-order valence-corrected chi connectivity index (χ2v) is 7.13. The fourth-order valence-corrected chi connectivity index (χ4v) is 4.97. The van der Waals surface area contributed by atoms with E-state index in [1.165, 1.54) is 32.1 Å². The summed E-state index contributed by atoms with van der Waals surface area (Å²) in [6.07, 6.45) is 6.91. The molecule has 3 N–H and O–H groups in total. The summed E-state index contributed by atoms with van der Waals surface area (Å²) in [6, 6.07) is 2.13. The summed E-state index contributed by atoms with van der Waals surface area (Å²) in [4.78, 5) is 1.16. The second kappa shape index (κ2) is 7.00. The van der Waals surface area contributed by atoms with Gasteiger partial charge in [-0.3, -0.25) is 11.3 Å². The smallest absolute Gasteiger partial charge is 0.0658 e. The van der Waals surface area contributed by atoms with Gasteiger partial charge in [0.1, 0.15) is 0 Å². The highest BCUT2D eigenvalue weighted by Gasteiger charge is 2.19. The molecule has 1 aromatic rings. The van der Waals surface area contributed by atoms with Gasteiger partial charge in [-0.25, -0.2) is 0 Å². The molecule has 0 amide bonds. The standard InChI is InChI=1S/C12H19ClN2S2/c13-10-6-7-16-12(10)11(15-14)8-17-9-4-2-1-3-5-9/h6-7,9,11,15H,1-5,8,14H2. The molecule has 0 saturated heterocycles. The van der Waals surface area contributed by atoms with Gasteiger partial charge in [-0.15, -0.1) is 11.3 Å². The van der Waals surface area contributed by atoms with Gasteiger partial charge >= 0.3 is 0 Å². The molecule has 1 saturated carbocycles. The Morgan fingerprint density at radius 2 is 2.24 bits per heavy atom. The minimum Gasteiger partial charge on any atom is -0.271 e. The van der Waals surface area contributed by atoms with Gasteiger partial charge in [-0.1, -0.05) is 30.9 Å². The first-order valence-corrected chi connectivity index (χ1v) is 8.42. The Kier molecular flexibility index (Phi) is 5.63. The number of hydrogen-bond acceptors (Lipinski definition) is 4. The van der Waals surface area contributed by atoms with E-state index in [1.54, 1.807) is 11.3 Å². The number of thiophene rings is 1. The quantitative estimate of drug-likeness (QED) is 0.636. The zero-order valence-corrected chi connectivity index (χ0v) is 12.2. The van der Waals surface area contributed by atoms with Crippen LogP contribution in [0.3, 0.4) is 0 Å². The molecule has 1 aliphatic rings. The van der Waals surface area contributed by atoms with Crippen molar-refractivity contribution < 1.29 is 0 Å². The van der Waals surface area contributed by atoms with Crippen LogP contribution in [0.4, 0.5) is 0 Å². The molecule has 17 heavy (non-hydrogen) atoms. The molecule has 1 fully saturated rings. The van der Waals surface area contributed by atoms with E-state index in [9.17, 15) is 0 Å². The lowest BCUT2D eigenvalue weighted by Crippen LogP contribution is -2.30. The van der Waals surface area contributed by atoms with Crippen LogP contribution in [0, 0.1) is 0 Å². The Hall–Kier alpha value is 0.260. The van der Waals surface area contributed by atoms with Gasteiger partial charge in [-0.05, 0) is 24.3 Å². The van der Waals surface area contributed by atoms with Gasteiger partial charge in [0, 0.05) is 15.9 Å². The van der Waals surface area contributed by atoms with Crippen LogP contribution in [-0.2, 0) is 0 Å². The topological polar surface area (TPSA) is 38.0 Å². The fraction of sp³-hybridized carbons (Fsp3) is 0.667. The SMILES string of the molecule is NNC(CSC1CCCCC1)c1sccc1Cl. The van der Waals surface area contributed by atoms with E-state index < -0.39 is 0 Å². The van der Waals surface area contributed by atoms with Crippen LogP contribution < -0.4 is 11.3 Å². The zero-order chi connectivity index (χ0) is 12.1. The van der Waals surface area contributed by atoms with Gasteiger partial charge in [0.15, 0.2) is 0 Å². The van der Waals surface area contributed by atoms with Crippen molar-refractivity contribution in [3.8, 4) is 0 Å². The lowest BCUT2D eigenvalue weighted by molar-refractivity contribution is 0.514. The van der Waals surface area contributed by atoms with E-state index in [2.05, 4.69) is 5.43 Å². The lowest BCUT2D eigenvalue weighted by Gasteiger charge is -2.23. The van der Waals surface area contributed by atoms with Crippen LogP contribution in [0.2, 0.25) is 5.02 Å². The first kappa shape index (κ1) is 13.7. The highest BCUT2D eigenvalue weighted by molar-refractivity contribution is 7.99. The predicted octanol–water partition coefficient (Wildman–Crippen LogP) is 3.97. The second-order valence-electron chi connectivity index (χ2n) is 4.45. The molecule has 2 rings (SSSR count). The highest BCUT2D eigenvalue weighted by atomic mass is 35.5. The molecular formula is C12H19ClN2S2. The predicted molar refractivity (Wildman–Crippen MR) is 78.7 cm³/mol. The van der Waals surface area contributed by atoms with Crippen LogP contribution in [0.15, 0.2) is 11.4 Å². The van der Waals surface area contributed by atoms with Gasteiger partial charge in [0.2, 0.25) is 0 Å². The summed E-state index contributed by atoms with van der Waals surface area (Å²) < 4.78 is 0. The third-order valence-corrected chi connectivity index (χ3v) is 6.15. The third-order valence-electron chi connectivity index (χ3n) is 3.21. The van der Waals surface area contributed by atoms with Crippen molar-refractivity contribution >= 4 is 34.7 Å². The van der Waals surface area contributed by atoms with E-state index in [1.807, 2.05) is 23.2 Å². The van der Waals surface area contributed by atoms with Crippen LogP contribution >= 0.6 is 34.7 Å². The maximum absolute atomic E-state index is 6.14. The Bertz CT molecular complexity index is 337. The largest absolute Gasteiger partial charge is 0.271 e. The average Bonchev–Trinajstić information content (AvgIpc) is 2.78. The zero-order valence-electron chi connectivity index (χ0n) is 9.82. The van der Waals surface area contributed by atoms with E-state index >= 15 is 0 Å². The van der Waals surface area contributed by atoms with Gasteiger partial charge in [-0.2, -0.15) is 11.8 Å². The fourth-order valence-electron chi connectivity index (χ4n) is 2.22. The van der Waals surface area contributed by atoms with Crippen LogP contribution in [0.5, 0.6) is 0 Å².